The molecule has 2 aromatic carbocycles. The van der Waals surface area contributed by atoms with Gasteiger partial charge in [0, 0.05) is 11.6 Å². The van der Waals surface area contributed by atoms with Crippen molar-refractivity contribution >= 4 is 0 Å². The number of benzene rings is 2. The van der Waals surface area contributed by atoms with Crippen molar-refractivity contribution in [1.82, 2.24) is 0 Å². The molecule has 3 rings (SSSR count). The fourth-order valence-electron chi connectivity index (χ4n) is 3.99. The lowest BCUT2D eigenvalue weighted by molar-refractivity contribution is -1.02. The Morgan fingerprint density at radius 2 is 1.18 bits per heavy atom. The van der Waals surface area contributed by atoms with Gasteiger partial charge in [-0.25, -0.2) is 0 Å². The molecular weight excluding hydrogens is 352 g/mol. The highest BCUT2D eigenvalue weighted by atomic mass is 16.5. The number of methoxy groups -OCH3 is 3. The second kappa shape index (κ2) is 9.80. The number of aryl methyl sites for hydroxylation is 1. The van der Waals surface area contributed by atoms with Gasteiger partial charge in [0.1, 0.15) is 45.0 Å². The van der Waals surface area contributed by atoms with E-state index in [1.165, 1.54) is 42.9 Å². The van der Waals surface area contributed by atoms with Gasteiger partial charge >= 0.3 is 0 Å². The maximum absolute atomic E-state index is 5.59. The number of hydrogen-bond acceptors (Lipinski definition) is 3. The van der Waals surface area contributed by atoms with Crippen LogP contribution in [0.3, 0.4) is 0 Å². The lowest BCUT2D eigenvalue weighted by Gasteiger charge is -2.30. The summed E-state index contributed by atoms with van der Waals surface area (Å²) in [6, 6.07) is 13.1. The molecular formula is C23H34N2O3+2. The zero-order chi connectivity index (χ0) is 19.9. The summed E-state index contributed by atoms with van der Waals surface area (Å²) in [5.41, 5.74) is 4.03. The number of ether oxygens (including phenoxy) is 3. The average Bonchev–Trinajstić information content (AvgIpc) is 2.75. The summed E-state index contributed by atoms with van der Waals surface area (Å²) in [6.07, 6.45) is 1.11. The van der Waals surface area contributed by atoms with Gasteiger partial charge in [-0.1, -0.05) is 31.2 Å². The second-order valence-corrected chi connectivity index (χ2v) is 7.54. The van der Waals surface area contributed by atoms with E-state index >= 15 is 0 Å². The molecule has 0 aliphatic carbocycles. The molecule has 2 N–H and O–H groups in total. The molecule has 1 aliphatic rings. The van der Waals surface area contributed by atoms with Crippen LogP contribution in [0.2, 0.25) is 0 Å². The van der Waals surface area contributed by atoms with Crippen LogP contribution in [-0.2, 0) is 19.5 Å². The van der Waals surface area contributed by atoms with Crippen molar-refractivity contribution in [3.63, 3.8) is 0 Å². The predicted molar refractivity (Wildman–Crippen MR) is 111 cm³/mol. The summed E-state index contributed by atoms with van der Waals surface area (Å²) in [7, 11) is 5.04. The number of quaternary nitrogens is 2. The minimum absolute atomic E-state index is 0.710. The highest BCUT2D eigenvalue weighted by molar-refractivity contribution is 5.50. The summed E-state index contributed by atoms with van der Waals surface area (Å²) < 4.78 is 16.5. The van der Waals surface area contributed by atoms with E-state index in [4.69, 9.17) is 14.2 Å². The first kappa shape index (κ1) is 20.5. The van der Waals surface area contributed by atoms with Crippen LogP contribution in [0.25, 0.3) is 0 Å². The molecule has 5 heteroatoms. The fourth-order valence-corrected chi connectivity index (χ4v) is 3.99. The maximum atomic E-state index is 5.59. The van der Waals surface area contributed by atoms with Gasteiger partial charge in [-0.3, -0.25) is 0 Å². The van der Waals surface area contributed by atoms with E-state index in [0.29, 0.717) is 5.75 Å². The third kappa shape index (κ3) is 4.97. The standard InChI is InChI=1S/C23H32N2O3/c1-5-18-6-8-19(9-7-18)16-24-10-12-25(13-11-24)17-20-14-22(27-3)23(28-4)15-21(20)26-2/h6-9,14-15H,5,10-13,16-17H2,1-4H3/p+2. The molecule has 152 valence electrons. The molecule has 0 amide bonds. The Labute approximate surface area is 168 Å². The Kier molecular flexibility index (Phi) is 7.18. The molecule has 1 heterocycles. The van der Waals surface area contributed by atoms with E-state index < -0.39 is 0 Å². The molecule has 1 fully saturated rings. The molecule has 2 aromatic rings. The zero-order valence-corrected chi connectivity index (χ0v) is 17.6. The van der Waals surface area contributed by atoms with Crippen LogP contribution in [0.1, 0.15) is 23.6 Å². The third-order valence-electron chi connectivity index (χ3n) is 5.78. The SMILES string of the molecule is CCc1ccc(C[NH+]2CC[NH+](Cc3cc(OC)c(OC)cc3OC)CC2)cc1. The second-order valence-electron chi connectivity index (χ2n) is 7.54. The van der Waals surface area contributed by atoms with Crippen molar-refractivity contribution < 1.29 is 24.0 Å². The van der Waals surface area contributed by atoms with Crippen LogP contribution in [0.15, 0.2) is 36.4 Å². The zero-order valence-electron chi connectivity index (χ0n) is 17.6. The quantitative estimate of drug-likeness (QED) is 0.703. The number of piperazine rings is 1. The van der Waals surface area contributed by atoms with Gasteiger partial charge in [0.25, 0.3) is 0 Å². The minimum Gasteiger partial charge on any atom is -0.496 e. The Balaban J connectivity index is 1.57. The molecule has 1 saturated heterocycles. The summed E-state index contributed by atoms with van der Waals surface area (Å²) in [6.45, 7) is 9.00. The van der Waals surface area contributed by atoms with E-state index in [2.05, 4.69) is 37.3 Å². The minimum atomic E-state index is 0.710. The van der Waals surface area contributed by atoms with Crippen molar-refractivity contribution in [2.75, 3.05) is 47.5 Å². The highest BCUT2D eigenvalue weighted by Gasteiger charge is 2.25. The van der Waals surface area contributed by atoms with Crippen LogP contribution >= 0.6 is 0 Å². The lowest BCUT2D eigenvalue weighted by Crippen LogP contribution is -3.27. The van der Waals surface area contributed by atoms with Crippen molar-refractivity contribution in [2.45, 2.75) is 26.4 Å². The van der Waals surface area contributed by atoms with Crippen LogP contribution in [0.5, 0.6) is 17.2 Å². The van der Waals surface area contributed by atoms with E-state index in [0.717, 1.165) is 31.0 Å². The first-order valence-corrected chi connectivity index (χ1v) is 10.2. The molecule has 0 bridgehead atoms. The molecule has 1 aliphatic heterocycles. The first-order valence-electron chi connectivity index (χ1n) is 10.2. The smallest absolute Gasteiger partial charge is 0.164 e. The Hall–Kier alpha value is -2.24. The summed E-state index contributed by atoms with van der Waals surface area (Å²) in [4.78, 5) is 3.27. The molecule has 0 atom stereocenters. The van der Waals surface area contributed by atoms with Crippen LogP contribution in [0, 0.1) is 0 Å². The molecule has 0 spiro atoms. The molecule has 0 aromatic heterocycles. The topological polar surface area (TPSA) is 36.6 Å². The lowest BCUT2D eigenvalue weighted by atomic mass is 10.1. The predicted octanol–water partition coefficient (Wildman–Crippen LogP) is 0.758. The van der Waals surface area contributed by atoms with Gasteiger partial charge in [-0.15, -0.1) is 0 Å². The highest BCUT2D eigenvalue weighted by Crippen LogP contribution is 2.34. The molecule has 28 heavy (non-hydrogen) atoms. The third-order valence-corrected chi connectivity index (χ3v) is 5.78. The number of hydrogen-bond donors (Lipinski definition) is 2. The van der Waals surface area contributed by atoms with E-state index in [1.807, 2.05) is 6.07 Å². The van der Waals surface area contributed by atoms with Gasteiger partial charge in [0.2, 0.25) is 0 Å². The van der Waals surface area contributed by atoms with Gasteiger partial charge in [0.15, 0.2) is 11.5 Å². The van der Waals surface area contributed by atoms with Crippen LogP contribution in [-0.4, -0.2) is 47.5 Å². The van der Waals surface area contributed by atoms with Crippen LogP contribution < -0.4 is 24.0 Å². The fraction of sp³-hybridized carbons (Fsp3) is 0.478. The van der Waals surface area contributed by atoms with Gasteiger partial charge < -0.3 is 24.0 Å². The molecule has 5 nitrogen and oxygen atoms in total. The average molecular weight is 387 g/mol. The largest absolute Gasteiger partial charge is 0.496 e. The van der Waals surface area contributed by atoms with Crippen molar-refractivity contribution in [1.29, 1.82) is 0 Å². The van der Waals surface area contributed by atoms with Crippen molar-refractivity contribution in [3.05, 3.63) is 53.1 Å². The maximum Gasteiger partial charge on any atom is 0.164 e. The van der Waals surface area contributed by atoms with Gasteiger partial charge in [-0.05, 0) is 18.1 Å². The first-order chi connectivity index (χ1) is 13.7. The van der Waals surface area contributed by atoms with E-state index in [9.17, 15) is 0 Å². The Morgan fingerprint density at radius 3 is 1.71 bits per heavy atom. The van der Waals surface area contributed by atoms with E-state index in [-0.39, 0.29) is 0 Å². The van der Waals surface area contributed by atoms with Crippen molar-refractivity contribution in [3.8, 4) is 17.2 Å². The van der Waals surface area contributed by atoms with Gasteiger partial charge in [0.05, 0.1) is 26.9 Å². The van der Waals surface area contributed by atoms with Crippen LogP contribution in [0.4, 0.5) is 0 Å². The number of nitrogens with one attached hydrogen (secondary N) is 2. The monoisotopic (exact) mass is 386 g/mol. The summed E-state index contributed by atoms with van der Waals surface area (Å²) in [5.74, 6) is 2.34. The normalized spacial score (nSPS) is 19.3. The molecule has 0 saturated carbocycles. The van der Waals surface area contributed by atoms with Gasteiger partial charge in [-0.2, -0.15) is 0 Å². The molecule has 0 radical (unpaired) electrons. The summed E-state index contributed by atoms with van der Waals surface area (Å²) in [5, 5.41) is 0. The van der Waals surface area contributed by atoms with Crippen molar-refractivity contribution in [2.24, 2.45) is 0 Å². The van der Waals surface area contributed by atoms with E-state index in [1.54, 1.807) is 31.1 Å². The summed E-state index contributed by atoms with van der Waals surface area (Å²) >= 11 is 0. The Bertz CT molecular complexity index is 753. The Morgan fingerprint density at radius 1 is 0.679 bits per heavy atom. The molecule has 0 unspecified atom stereocenters. The number of rotatable bonds is 8.